The maximum Gasteiger partial charge on any atom is 0.159 e. The van der Waals surface area contributed by atoms with Gasteiger partial charge in [-0.15, -0.1) is 0 Å². The summed E-state index contributed by atoms with van der Waals surface area (Å²) in [5, 5.41) is 5.92. The quantitative estimate of drug-likeness (QED) is 0.225. The van der Waals surface area contributed by atoms with Crippen molar-refractivity contribution in [3.63, 3.8) is 0 Å². The monoisotopic (exact) mass is 524 g/mol. The van der Waals surface area contributed by atoms with Gasteiger partial charge in [-0.05, 0) is 35.9 Å². The zero-order valence-electron chi connectivity index (χ0n) is 22.2. The molecule has 0 spiro atoms. The van der Waals surface area contributed by atoms with Crippen molar-refractivity contribution in [1.29, 1.82) is 0 Å². The summed E-state index contributed by atoms with van der Waals surface area (Å²) < 4.78 is 11.5. The molecule has 0 amide bonds. The van der Waals surface area contributed by atoms with E-state index in [4.69, 9.17) is 4.42 Å². The predicted molar refractivity (Wildman–Crippen MR) is 170 cm³/mol. The van der Waals surface area contributed by atoms with Gasteiger partial charge in [0, 0.05) is 44.4 Å². The molecule has 0 aliphatic rings. The Hall–Kier alpha value is -5.54. The highest BCUT2D eigenvalue weighted by atomic mass is 16.3. The van der Waals surface area contributed by atoms with E-state index in [1.165, 1.54) is 32.7 Å². The molecule has 0 unspecified atom stereocenters. The van der Waals surface area contributed by atoms with Gasteiger partial charge in [-0.3, -0.25) is 0 Å². The number of fused-ring (bicyclic) bond motifs is 8. The number of nitrogens with zero attached hydrogens (tertiary/aromatic N) is 2. The molecule has 0 fully saturated rings. The van der Waals surface area contributed by atoms with Gasteiger partial charge in [-0.2, -0.15) is 0 Å². The summed E-state index contributed by atoms with van der Waals surface area (Å²) in [6.45, 7) is 0. The molecule has 3 heteroatoms. The van der Waals surface area contributed by atoms with Gasteiger partial charge in [-0.25, -0.2) is 0 Å². The van der Waals surface area contributed by atoms with Crippen LogP contribution in [0.5, 0.6) is 0 Å². The third-order valence-corrected chi connectivity index (χ3v) is 8.35. The molecular weight excluding hydrogens is 500 g/mol. The first-order valence-electron chi connectivity index (χ1n) is 14.0. The van der Waals surface area contributed by atoms with Crippen LogP contribution in [0.2, 0.25) is 0 Å². The Morgan fingerprint density at radius 3 is 2.02 bits per heavy atom. The standard InChI is InChI=1S/C38H24N2O/c1-3-11-25(12-4-1)28-16-9-17-31-32-18-10-20-34(38(32)41-37(28)31)39-24-23-26-21-22-30-29-15-7-8-19-33(29)40(36(30)35(26)39)27-13-5-2-6-14-27/h1-24H. The fourth-order valence-corrected chi connectivity index (χ4v) is 6.56. The van der Waals surface area contributed by atoms with Gasteiger partial charge < -0.3 is 13.6 Å². The van der Waals surface area contributed by atoms with Crippen LogP contribution in [0.25, 0.3) is 77.1 Å². The van der Waals surface area contributed by atoms with Gasteiger partial charge in [0.15, 0.2) is 5.58 Å². The first-order chi connectivity index (χ1) is 20.4. The highest BCUT2D eigenvalue weighted by Gasteiger charge is 2.20. The van der Waals surface area contributed by atoms with E-state index in [9.17, 15) is 0 Å². The minimum Gasteiger partial charge on any atom is -0.453 e. The first kappa shape index (κ1) is 22.3. The van der Waals surface area contributed by atoms with Crippen LogP contribution in [0.4, 0.5) is 0 Å². The number of aromatic nitrogens is 2. The van der Waals surface area contributed by atoms with Crippen LogP contribution in [0.3, 0.4) is 0 Å². The summed E-state index contributed by atoms with van der Waals surface area (Å²) in [4.78, 5) is 0. The topological polar surface area (TPSA) is 23.0 Å². The van der Waals surface area contributed by atoms with Crippen molar-refractivity contribution < 1.29 is 4.42 Å². The molecule has 3 nitrogen and oxygen atoms in total. The SMILES string of the molecule is c1ccc(-c2cccc3c2oc2c(-n4ccc5ccc6c7ccccc7n(-c7ccccc7)c6c54)cccc23)cc1. The van der Waals surface area contributed by atoms with Crippen LogP contribution < -0.4 is 0 Å². The number of rotatable bonds is 3. The van der Waals surface area contributed by atoms with E-state index in [1.54, 1.807) is 0 Å². The number of hydrogen-bond acceptors (Lipinski definition) is 1. The maximum atomic E-state index is 6.80. The van der Waals surface area contributed by atoms with E-state index in [0.717, 1.165) is 44.4 Å². The lowest BCUT2D eigenvalue weighted by atomic mass is 10.0. The van der Waals surface area contributed by atoms with Crippen molar-refractivity contribution in [1.82, 2.24) is 9.13 Å². The Kier molecular flexibility index (Phi) is 4.61. The molecule has 0 aliphatic heterocycles. The molecule has 0 atom stereocenters. The molecular formula is C38H24N2O. The summed E-state index contributed by atoms with van der Waals surface area (Å²) in [5.74, 6) is 0. The highest BCUT2D eigenvalue weighted by Crippen LogP contribution is 2.41. The fourth-order valence-electron chi connectivity index (χ4n) is 6.56. The third kappa shape index (κ3) is 3.14. The van der Waals surface area contributed by atoms with Gasteiger partial charge in [-0.1, -0.05) is 109 Å². The summed E-state index contributed by atoms with van der Waals surface area (Å²) in [6, 6.07) is 49.4. The third-order valence-electron chi connectivity index (χ3n) is 8.35. The van der Waals surface area contributed by atoms with Crippen molar-refractivity contribution in [3.05, 3.63) is 146 Å². The lowest BCUT2D eigenvalue weighted by molar-refractivity contribution is 0.667. The lowest BCUT2D eigenvalue weighted by Crippen LogP contribution is -1.98. The Labute approximate surface area is 236 Å². The van der Waals surface area contributed by atoms with Crippen LogP contribution in [0, 0.1) is 0 Å². The predicted octanol–water partition coefficient (Wildman–Crippen LogP) is 10.3. The molecule has 3 heterocycles. The molecule has 0 saturated carbocycles. The van der Waals surface area contributed by atoms with Gasteiger partial charge in [0.05, 0.1) is 22.2 Å². The molecule has 0 N–H and O–H groups in total. The number of benzene rings is 6. The van der Waals surface area contributed by atoms with E-state index in [1.807, 2.05) is 6.07 Å². The van der Waals surface area contributed by atoms with E-state index >= 15 is 0 Å². The smallest absolute Gasteiger partial charge is 0.159 e. The minimum absolute atomic E-state index is 0.891. The normalized spacial score (nSPS) is 11.9. The van der Waals surface area contributed by atoms with Gasteiger partial charge >= 0.3 is 0 Å². The zero-order chi connectivity index (χ0) is 26.9. The largest absolute Gasteiger partial charge is 0.453 e. The molecule has 0 saturated heterocycles. The summed E-state index contributed by atoms with van der Waals surface area (Å²) in [6.07, 6.45) is 2.18. The van der Waals surface area contributed by atoms with Crippen LogP contribution in [-0.2, 0) is 0 Å². The molecule has 0 bridgehead atoms. The van der Waals surface area contributed by atoms with E-state index in [0.29, 0.717) is 0 Å². The van der Waals surface area contributed by atoms with Crippen LogP contribution in [0.15, 0.2) is 150 Å². The molecule has 41 heavy (non-hydrogen) atoms. The molecule has 0 radical (unpaired) electrons. The van der Waals surface area contributed by atoms with Gasteiger partial charge in [0.1, 0.15) is 5.58 Å². The average Bonchev–Trinajstić information content (AvgIpc) is 3.73. The Morgan fingerprint density at radius 2 is 1.17 bits per heavy atom. The van der Waals surface area contributed by atoms with Gasteiger partial charge in [0.25, 0.3) is 0 Å². The van der Waals surface area contributed by atoms with Crippen molar-refractivity contribution >= 4 is 54.6 Å². The Morgan fingerprint density at radius 1 is 0.463 bits per heavy atom. The second-order valence-corrected chi connectivity index (χ2v) is 10.6. The molecule has 0 aliphatic carbocycles. The van der Waals surface area contributed by atoms with Crippen molar-refractivity contribution in [3.8, 4) is 22.5 Å². The summed E-state index contributed by atoms with van der Waals surface area (Å²) in [5.41, 5.74) is 9.80. The van der Waals surface area contributed by atoms with Crippen LogP contribution >= 0.6 is 0 Å². The lowest BCUT2D eigenvalue weighted by Gasteiger charge is -2.12. The highest BCUT2D eigenvalue weighted by molar-refractivity contribution is 6.19. The minimum atomic E-state index is 0.891. The van der Waals surface area contributed by atoms with Crippen molar-refractivity contribution in [2.45, 2.75) is 0 Å². The first-order valence-corrected chi connectivity index (χ1v) is 14.0. The van der Waals surface area contributed by atoms with Crippen molar-refractivity contribution in [2.75, 3.05) is 0 Å². The van der Waals surface area contributed by atoms with Crippen molar-refractivity contribution in [2.24, 2.45) is 0 Å². The van der Waals surface area contributed by atoms with E-state index in [2.05, 4.69) is 149 Å². The molecule has 192 valence electrons. The molecule has 9 aromatic rings. The fraction of sp³-hybridized carbons (Fsp3) is 0. The molecule has 6 aromatic carbocycles. The second-order valence-electron chi connectivity index (χ2n) is 10.6. The number of hydrogen-bond donors (Lipinski definition) is 0. The summed E-state index contributed by atoms with van der Waals surface area (Å²) >= 11 is 0. The average molecular weight is 525 g/mol. The Balaban J connectivity index is 1.40. The zero-order valence-corrected chi connectivity index (χ0v) is 22.2. The van der Waals surface area contributed by atoms with Crippen LogP contribution in [-0.4, -0.2) is 9.13 Å². The summed E-state index contributed by atoms with van der Waals surface area (Å²) in [7, 11) is 0. The molecule has 3 aromatic heterocycles. The second kappa shape index (κ2) is 8.48. The molecule has 9 rings (SSSR count). The Bertz CT molecular complexity index is 2410. The van der Waals surface area contributed by atoms with Gasteiger partial charge in [0.2, 0.25) is 0 Å². The number of para-hydroxylation sites is 4. The van der Waals surface area contributed by atoms with E-state index < -0.39 is 0 Å². The van der Waals surface area contributed by atoms with Crippen LogP contribution in [0.1, 0.15) is 0 Å². The number of furan rings is 1. The maximum absolute atomic E-state index is 6.80. The van der Waals surface area contributed by atoms with E-state index in [-0.39, 0.29) is 0 Å².